The van der Waals surface area contributed by atoms with Gasteiger partial charge in [-0.05, 0) is 55.0 Å². The number of hydrogen-bond donors (Lipinski definition) is 1. The molecular formula is C26H16F7N7O3S. The van der Waals surface area contributed by atoms with Crippen molar-refractivity contribution in [3.63, 3.8) is 0 Å². The lowest BCUT2D eigenvalue weighted by Gasteiger charge is -2.21. The van der Waals surface area contributed by atoms with E-state index in [1.54, 1.807) is 6.92 Å². The second kappa shape index (κ2) is 11.6. The van der Waals surface area contributed by atoms with Crippen LogP contribution >= 0.6 is 11.8 Å². The van der Waals surface area contributed by atoms with Gasteiger partial charge in [0.05, 0.1) is 28.9 Å². The maximum absolute atomic E-state index is 14.9. The van der Waals surface area contributed by atoms with Crippen LogP contribution < -0.4 is 15.0 Å². The zero-order valence-electron chi connectivity index (χ0n) is 21.9. The summed E-state index contributed by atoms with van der Waals surface area (Å²) in [7, 11) is 0. The molecule has 44 heavy (non-hydrogen) atoms. The molecule has 1 aliphatic heterocycles. The van der Waals surface area contributed by atoms with Gasteiger partial charge in [-0.25, -0.2) is 23.8 Å². The van der Waals surface area contributed by atoms with Crippen molar-refractivity contribution in [2.45, 2.75) is 19.5 Å². The Morgan fingerprint density at radius 2 is 1.82 bits per heavy atom. The Bertz CT molecular complexity index is 1770. The molecule has 2 aromatic carbocycles. The van der Waals surface area contributed by atoms with Crippen LogP contribution in [0.4, 0.5) is 46.9 Å². The Hall–Kier alpha value is -5.00. The minimum Gasteiger partial charge on any atom is -0.404 e. The minimum atomic E-state index is -4.89. The molecule has 0 unspecified atom stereocenters. The van der Waals surface area contributed by atoms with Crippen LogP contribution in [0.1, 0.15) is 11.1 Å². The van der Waals surface area contributed by atoms with Gasteiger partial charge in [0.15, 0.2) is 16.8 Å². The number of aryl methyl sites for hydroxylation is 1. The van der Waals surface area contributed by atoms with Crippen molar-refractivity contribution in [1.82, 2.24) is 19.7 Å². The zero-order valence-corrected chi connectivity index (χ0v) is 22.8. The molecule has 0 atom stereocenters. The summed E-state index contributed by atoms with van der Waals surface area (Å²) in [6.45, 7) is 1.54. The van der Waals surface area contributed by atoms with Crippen LogP contribution in [0.2, 0.25) is 0 Å². The zero-order chi connectivity index (χ0) is 31.8. The lowest BCUT2D eigenvalue weighted by Crippen LogP contribution is -2.32. The van der Waals surface area contributed by atoms with Gasteiger partial charge in [0, 0.05) is 5.56 Å². The van der Waals surface area contributed by atoms with E-state index in [0.29, 0.717) is 10.5 Å². The first-order valence-corrected chi connectivity index (χ1v) is 13.1. The van der Waals surface area contributed by atoms with Crippen LogP contribution in [0, 0.1) is 12.7 Å². The van der Waals surface area contributed by atoms with Gasteiger partial charge in [-0.1, -0.05) is 17.8 Å². The quantitative estimate of drug-likeness (QED) is 0.253. The fourth-order valence-electron chi connectivity index (χ4n) is 3.94. The first kappa shape index (κ1) is 30.5. The molecule has 0 bridgehead atoms. The number of aromatic nitrogens is 4. The topological polar surface area (TPSA) is 115 Å². The monoisotopic (exact) mass is 639 g/mol. The standard InChI is InChI=1S/C26H16F7N7O3S/c1-13-2-5-16(25(28,29)30)19(8-13)40-21(41)11-44-24(40)37-23(42)36-18-6-3-14(9-17(18)27)22-35-12-39(38-22)20-7-4-15(10-34-20)43-26(31,32)33/h2-10,12H,11H2,1H3,(H,36,42)/b37-24-. The predicted molar refractivity (Wildman–Crippen MR) is 144 cm³/mol. The number of ether oxygens (including phenoxy) is 1. The molecule has 1 N–H and O–H groups in total. The van der Waals surface area contributed by atoms with Gasteiger partial charge < -0.3 is 10.1 Å². The lowest BCUT2D eigenvalue weighted by molar-refractivity contribution is -0.274. The number of benzene rings is 2. The van der Waals surface area contributed by atoms with E-state index in [1.807, 2.05) is 0 Å². The van der Waals surface area contributed by atoms with Crippen LogP contribution in [0.25, 0.3) is 17.2 Å². The van der Waals surface area contributed by atoms with Gasteiger partial charge in [-0.2, -0.15) is 18.2 Å². The Morgan fingerprint density at radius 3 is 2.48 bits per heavy atom. The number of carbonyl (C=O) groups excluding carboxylic acids is 2. The highest BCUT2D eigenvalue weighted by Gasteiger charge is 2.40. The minimum absolute atomic E-state index is 0.00886. The van der Waals surface area contributed by atoms with Gasteiger partial charge >= 0.3 is 18.6 Å². The van der Waals surface area contributed by atoms with E-state index in [4.69, 9.17) is 0 Å². The summed E-state index contributed by atoms with van der Waals surface area (Å²) in [5, 5.41) is 5.98. The highest BCUT2D eigenvalue weighted by atomic mass is 32.2. The number of rotatable bonds is 5. The van der Waals surface area contributed by atoms with E-state index in [2.05, 4.69) is 30.1 Å². The number of aliphatic imine (C=N–C) groups is 1. The number of pyridine rings is 1. The second-order valence-corrected chi connectivity index (χ2v) is 9.91. The van der Waals surface area contributed by atoms with Gasteiger partial charge in [-0.3, -0.25) is 9.69 Å². The number of nitrogens with zero attached hydrogens (tertiary/aromatic N) is 6. The van der Waals surface area contributed by atoms with Crippen LogP contribution in [0.15, 0.2) is 66.0 Å². The van der Waals surface area contributed by atoms with E-state index in [0.717, 1.165) is 53.0 Å². The van der Waals surface area contributed by atoms with Crippen molar-refractivity contribution in [2.24, 2.45) is 4.99 Å². The first-order chi connectivity index (χ1) is 20.7. The van der Waals surface area contributed by atoms with Crippen molar-refractivity contribution in [1.29, 1.82) is 0 Å². The van der Waals surface area contributed by atoms with E-state index in [-0.39, 0.29) is 33.8 Å². The van der Waals surface area contributed by atoms with E-state index >= 15 is 0 Å². The summed E-state index contributed by atoms with van der Waals surface area (Å²) >= 11 is 0.748. The molecule has 3 heterocycles. The number of nitrogens with one attached hydrogen (secondary N) is 1. The fourth-order valence-corrected chi connectivity index (χ4v) is 4.80. The normalized spacial score (nSPS) is 14.8. The smallest absolute Gasteiger partial charge is 0.404 e. The number of hydrogen-bond acceptors (Lipinski definition) is 7. The molecule has 18 heteroatoms. The Morgan fingerprint density at radius 1 is 1.05 bits per heavy atom. The molecule has 5 rings (SSSR count). The third-order valence-corrected chi connectivity index (χ3v) is 6.74. The largest absolute Gasteiger partial charge is 0.573 e. The summed E-state index contributed by atoms with van der Waals surface area (Å²) in [5.41, 5.74) is -1.32. The van der Waals surface area contributed by atoms with Crippen molar-refractivity contribution in [2.75, 3.05) is 16.0 Å². The van der Waals surface area contributed by atoms with E-state index in [9.17, 15) is 40.3 Å². The third kappa shape index (κ3) is 6.80. The molecule has 10 nitrogen and oxygen atoms in total. The second-order valence-electron chi connectivity index (χ2n) is 8.97. The first-order valence-electron chi connectivity index (χ1n) is 12.1. The maximum atomic E-state index is 14.9. The third-order valence-electron chi connectivity index (χ3n) is 5.81. The number of amides is 3. The van der Waals surface area contributed by atoms with Gasteiger partial charge in [0.2, 0.25) is 5.91 Å². The summed E-state index contributed by atoms with van der Waals surface area (Å²) in [6, 6.07) is 7.79. The maximum Gasteiger partial charge on any atom is 0.573 e. The molecule has 3 amide bonds. The number of thioether (sulfide) groups is 1. The number of urea groups is 1. The van der Waals surface area contributed by atoms with Gasteiger partial charge in [0.25, 0.3) is 0 Å². The van der Waals surface area contributed by atoms with Crippen LogP contribution in [0.3, 0.4) is 0 Å². The molecule has 2 aromatic heterocycles. The Labute approximate surface area is 246 Å². The molecule has 1 aliphatic rings. The lowest BCUT2D eigenvalue weighted by atomic mass is 10.1. The van der Waals surface area contributed by atoms with Gasteiger partial charge in [-0.15, -0.1) is 18.3 Å². The molecule has 0 saturated carbocycles. The number of halogens is 7. The van der Waals surface area contributed by atoms with Crippen molar-refractivity contribution >= 4 is 40.2 Å². The molecule has 0 radical (unpaired) electrons. The van der Waals surface area contributed by atoms with Crippen molar-refractivity contribution in [3.8, 4) is 23.0 Å². The Kier molecular flexibility index (Phi) is 8.02. The average Bonchev–Trinajstić information content (AvgIpc) is 3.56. The molecule has 228 valence electrons. The van der Waals surface area contributed by atoms with Gasteiger partial charge in [0.1, 0.15) is 17.9 Å². The SMILES string of the molecule is Cc1ccc(C(F)(F)F)c(N2C(=O)CS/C2=N\C(=O)Nc2ccc(-c3ncn(-c4ccc(OC(F)(F)F)cn4)n3)cc2F)c1. The van der Waals surface area contributed by atoms with E-state index < -0.39 is 47.3 Å². The summed E-state index contributed by atoms with van der Waals surface area (Å²) in [6.07, 6.45) is -7.65. The molecule has 1 fully saturated rings. The van der Waals surface area contributed by atoms with Crippen LogP contribution in [-0.4, -0.2) is 49.0 Å². The molecular weight excluding hydrogens is 623 g/mol. The molecule has 1 saturated heterocycles. The average molecular weight is 640 g/mol. The number of anilines is 2. The summed E-state index contributed by atoms with van der Waals surface area (Å²) in [5.74, 6) is -2.37. The summed E-state index contributed by atoms with van der Waals surface area (Å²) < 4.78 is 97.7. The molecule has 0 spiro atoms. The number of carbonyl (C=O) groups is 2. The highest BCUT2D eigenvalue weighted by molar-refractivity contribution is 8.15. The number of alkyl halides is 6. The predicted octanol–water partition coefficient (Wildman–Crippen LogP) is 6.36. The molecule has 4 aromatic rings. The summed E-state index contributed by atoms with van der Waals surface area (Å²) in [4.78, 5) is 37.4. The molecule has 0 aliphatic carbocycles. The van der Waals surface area contributed by atoms with E-state index in [1.165, 1.54) is 24.5 Å². The van der Waals surface area contributed by atoms with Crippen molar-refractivity contribution < 1.29 is 45.1 Å². The van der Waals surface area contributed by atoms with Crippen molar-refractivity contribution in [3.05, 3.63) is 78.0 Å². The highest BCUT2D eigenvalue weighted by Crippen LogP contribution is 2.40. The Balaban J connectivity index is 1.32. The number of amidine groups is 1. The van der Waals surface area contributed by atoms with Crippen LogP contribution in [0.5, 0.6) is 5.75 Å². The fraction of sp³-hybridized carbons (Fsp3) is 0.154. The van der Waals surface area contributed by atoms with Crippen LogP contribution in [-0.2, 0) is 11.0 Å².